The molecular weight excluding hydrogens is 278 g/mol. The van der Waals surface area contributed by atoms with Crippen LogP contribution in [-0.2, 0) is 0 Å². The monoisotopic (exact) mass is 305 g/mol. The summed E-state index contributed by atoms with van der Waals surface area (Å²) in [5.74, 6) is 0. The van der Waals surface area contributed by atoms with Gasteiger partial charge in [-0.2, -0.15) is 0 Å². The van der Waals surface area contributed by atoms with E-state index in [9.17, 15) is 9.90 Å². The van der Waals surface area contributed by atoms with Crippen molar-refractivity contribution >= 4 is 11.7 Å². The molecule has 1 aromatic carbocycles. The van der Waals surface area contributed by atoms with Crippen LogP contribution in [0.3, 0.4) is 0 Å². The molecule has 3 N–H and O–H groups in total. The van der Waals surface area contributed by atoms with E-state index in [1.54, 1.807) is 0 Å². The largest absolute Gasteiger partial charge is 0.393 e. The van der Waals surface area contributed by atoms with Crippen molar-refractivity contribution in [3.05, 3.63) is 30.3 Å². The zero-order chi connectivity index (χ0) is 15.8. The normalized spacial score (nSPS) is 19.5. The average Bonchev–Trinajstić information content (AvgIpc) is 2.55. The molecule has 0 aliphatic carbocycles. The van der Waals surface area contributed by atoms with Crippen LogP contribution in [0.5, 0.6) is 0 Å². The van der Waals surface area contributed by atoms with Crippen LogP contribution >= 0.6 is 0 Å². The highest BCUT2D eigenvalue weighted by molar-refractivity contribution is 5.74. The van der Waals surface area contributed by atoms with Gasteiger partial charge in [0, 0.05) is 31.4 Å². The minimum atomic E-state index is -0.330. The summed E-state index contributed by atoms with van der Waals surface area (Å²) in [5, 5.41) is 15.3. The molecule has 1 saturated heterocycles. The van der Waals surface area contributed by atoms with Crippen molar-refractivity contribution in [3.63, 3.8) is 0 Å². The number of carbonyl (C=O) groups is 1. The number of amides is 2. The summed E-state index contributed by atoms with van der Waals surface area (Å²) >= 11 is 0. The summed E-state index contributed by atoms with van der Waals surface area (Å²) in [5.41, 5.74) is 1.21. The molecule has 1 heterocycles. The SMILES string of the molecule is CCC(O)CCNC(=O)NC1CCCN(c2ccccc2)C1. The molecule has 2 atom stereocenters. The minimum Gasteiger partial charge on any atom is -0.393 e. The van der Waals surface area contributed by atoms with Gasteiger partial charge in [0.1, 0.15) is 0 Å². The Balaban J connectivity index is 1.74. The van der Waals surface area contributed by atoms with E-state index in [0.29, 0.717) is 13.0 Å². The molecule has 0 spiro atoms. The van der Waals surface area contributed by atoms with Crippen molar-refractivity contribution in [2.75, 3.05) is 24.5 Å². The molecule has 2 amide bonds. The molecule has 1 aromatic rings. The van der Waals surface area contributed by atoms with Crippen LogP contribution in [0, 0.1) is 0 Å². The van der Waals surface area contributed by atoms with E-state index in [1.165, 1.54) is 5.69 Å². The van der Waals surface area contributed by atoms with E-state index in [0.717, 1.165) is 32.4 Å². The summed E-state index contributed by atoms with van der Waals surface area (Å²) in [4.78, 5) is 14.2. The van der Waals surface area contributed by atoms with E-state index in [-0.39, 0.29) is 18.2 Å². The first kappa shape index (κ1) is 16.6. The minimum absolute atomic E-state index is 0.136. The standard InChI is InChI=1S/C17H27N3O2/c1-2-16(21)10-11-18-17(22)19-14-7-6-12-20(13-14)15-8-4-3-5-9-15/h3-5,8-9,14,16,21H,2,6-7,10-13H2,1H3,(H2,18,19,22). The van der Waals surface area contributed by atoms with Crippen LogP contribution in [0.2, 0.25) is 0 Å². The van der Waals surface area contributed by atoms with Crippen molar-refractivity contribution in [2.24, 2.45) is 0 Å². The first-order valence-corrected chi connectivity index (χ1v) is 8.21. The van der Waals surface area contributed by atoms with Crippen LogP contribution in [0.25, 0.3) is 0 Å². The van der Waals surface area contributed by atoms with Crippen LogP contribution in [0.15, 0.2) is 30.3 Å². The highest BCUT2D eigenvalue weighted by Crippen LogP contribution is 2.19. The van der Waals surface area contributed by atoms with E-state index in [1.807, 2.05) is 25.1 Å². The predicted molar refractivity (Wildman–Crippen MR) is 89.1 cm³/mol. The molecule has 22 heavy (non-hydrogen) atoms. The zero-order valence-corrected chi connectivity index (χ0v) is 13.3. The number of nitrogens with zero attached hydrogens (tertiary/aromatic N) is 1. The first-order valence-electron chi connectivity index (χ1n) is 8.21. The number of piperidine rings is 1. The van der Waals surface area contributed by atoms with Gasteiger partial charge in [0.2, 0.25) is 0 Å². The molecule has 2 rings (SSSR count). The van der Waals surface area contributed by atoms with E-state index >= 15 is 0 Å². The molecule has 0 aromatic heterocycles. The molecule has 5 nitrogen and oxygen atoms in total. The Morgan fingerprint density at radius 2 is 2.18 bits per heavy atom. The van der Waals surface area contributed by atoms with Gasteiger partial charge in [0.25, 0.3) is 0 Å². The molecule has 0 saturated carbocycles. The maximum absolute atomic E-state index is 11.9. The van der Waals surface area contributed by atoms with Gasteiger partial charge in [0.05, 0.1) is 6.10 Å². The predicted octanol–water partition coefficient (Wildman–Crippen LogP) is 2.12. The lowest BCUT2D eigenvalue weighted by atomic mass is 10.1. The van der Waals surface area contributed by atoms with E-state index in [2.05, 4.69) is 27.7 Å². The molecular formula is C17H27N3O2. The molecule has 1 aliphatic rings. The van der Waals surface area contributed by atoms with Crippen LogP contribution in [0.1, 0.15) is 32.6 Å². The molecule has 1 fully saturated rings. The third-order valence-corrected chi connectivity index (χ3v) is 4.11. The second-order valence-electron chi connectivity index (χ2n) is 5.87. The quantitative estimate of drug-likeness (QED) is 0.754. The molecule has 2 unspecified atom stereocenters. The number of para-hydroxylation sites is 1. The molecule has 0 radical (unpaired) electrons. The number of anilines is 1. The Morgan fingerprint density at radius 1 is 1.41 bits per heavy atom. The summed E-state index contributed by atoms with van der Waals surface area (Å²) in [6.07, 6.45) is 3.08. The van der Waals surface area contributed by atoms with E-state index in [4.69, 9.17) is 0 Å². The van der Waals surface area contributed by atoms with Crippen molar-refractivity contribution < 1.29 is 9.90 Å². The fraction of sp³-hybridized carbons (Fsp3) is 0.588. The molecule has 122 valence electrons. The van der Waals surface area contributed by atoms with Gasteiger partial charge in [-0.25, -0.2) is 4.79 Å². The third kappa shape index (κ3) is 5.22. The Morgan fingerprint density at radius 3 is 2.91 bits per heavy atom. The van der Waals surface area contributed by atoms with Crippen molar-refractivity contribution in [2.45, 2.75) is 44.8 Å². The van der Waals surface area contributed by atoms with Gasteiger partial charge in [-0.15, -0.1) is 0 Å². The summed E-state index contributed by atoms with van der Waals surface area (Å²) in [6, 6.07) is 10.3. The number of aliphatic hydroxyl groups excluding tert-OH is 1. The Kier molecular flexibility index (Phi) is 6.52. The second kappa shape index (κ2) is 8.63. The van der Waals surface area contributed by atoms with Gasteiger partial charge < -0.3 is 20.6 Å². The van der Waals surface area contributed by atoms with E-state index < -0.39 is 0 Å². The zero-order valence-electron chi connectivity index (χ0n) is 13.3. The number of nitrogens with one attached hydrogen (secondary N) is 2. The number of hydrogen-bond acceptors (Lipinski definition) is 3. The first-order chi connectivity index (χ1) is 10.7. The lowest BCUT2D eigenvalue weighted by Gasteiger charge is -2.34. The fourth-order valence-electron chi connectivity index (χ4n) is 2.76. The van der Waals surface area contributed by atoms with Crippen LogP contribution < -0.4 is 15.5 Å². The van der Waals surface area contributed by atoms with Gasteiger partial charge in [-0.1, -0.05) is 25.1 Å². The van der Waals surface area contributed by atoms with Gasteiger partial charge in [0.15, 0.2) is 0 Å². The smallest absolute Gasteiger partial charge is 0.315 e. The molecule has 1 aliphatic heterocycles. The number of benzene rings is 1. The summed E-state index contributed by atoms with van der Waals surface area (Å²) < 4.78 is 0. The third-order valence-electron chi connectivity index (χ3n) is 4.11. The van der Waals surface area contributed by atoms with Gasteiger partial charge in [-0.05, 0) is 37.8 Å². The number of urea groups is 1. The van der Waals surface area contributed by atoms with Crippen LogP contribution in [-0.4, -0.2) is 42.9 Å². The van der Waals surface area contributed by atoms with Gasteiger partial charge >= 0.3 is 6.03 Å². The number of carbonyl (C=O) groups excluding carboxylic acids is 1. The number of aliphatic hydroxyl groups is 1. The van der Waals surface area contributed by atoms with Crippen molar-refractivity contribution in [1.29, 1.82) is 0 Å². The Labute approximate surface area is 132 Å². The summed E-state index contributed by atoms with van der Waals surface area (Å²) in [6.45, 7) is 4.32. The van der Waals surface area contributed by atoms with Crippen molar-refractivity contribution in [1.82, 2.24) is 10.6 Å². The molecule has 5 heteroatoms. The lowest BCUT2D eigenvalue weighted by Crippen LogP contribution is -2.50. The maximum atomic E-state index is 11.9. The highest BCUT2D eigenvalue weighted by atomic mass is 16.3. The average molecular weight is 305 g/mol. The maximum Gasteiger partial charge on any atom is 0.315 e. The van der Waals surface area contributed by atoms with Gasteiger partial charge in [-0.3, -0.25) is 0 Å². The summed E-state index contributed by atoms with van der Waals surface area (Å²) in [7, 11) is 0. The topological polar surface area (TPSA) is 64.6 Å². The Bertz CT molecular complexity index is 452. The number of rotatable bonds is 6. The lowest BCUT2D eigenvalue weighted by molar-refractivity contribution is 0.160. The van der Waals surface area contributed by atoms with Crippen molar-refractivity contribution in [3.8, 4) is 0 Å². The number of hydrogen-bond donors (Lipinski definition) is 3. The molecule has 0 bridgehead atoms. The second-order valence-corrected chi connectivity index (χ2v) is 5.87. The fourth-order valence-corrected chi connectivity index (χ4v) is 2.76. The van der Waals surface area contributed by atoms with Crippen LogP contribution in [0.4, 0.5) is 10.5 Å². The highest BCUT2D eigenvalue weighted by Gasteiger charge is 2.21. The Hall–Kier alpha value is -1.75.